The summed E-state index contributed by atoms with van der Waals surface area (Å²) in [7, 11) is 1.20. The van der Waals surface area contributed by atoms with E-state index in [1.807, 2.05) is 0 Å². The molecule has 0 fully saturated rings. The fourth-order valence-electron chi connectivity index (χ4n) is 1.05. The molecule has 0 aliphatic rings. The molecule has 0 N–H and O–H groups in total. The highest BCUT2D eigenvalue weighted by Crippen LogP contribution is 2.30. The van der Waals surface area contributed by atoms with Crippen LogP contribution in [0.1, 0.15) is 5.56 Å². The van der Waals surface area contributed by atoms with E-state index in [0.29, 0.717) is 6.08 Å². The first-order valence-electron chi connectivity index (χ1n) is 4.14. The van der Waals surface area contributed by atoms with Crippen molar-refractivity contribution in [2.24, 2.45) is 0 Å². The molecular formula is C10H8F4O2. The summed E-state index contributed by atoms with van der Waals surface area (Å²) >= 11 is 0. The predicted molar refractivity (Wildman–Crippen MR) is 48.9 cm³/mol. The maximum atomic E-state index is 13.2. The zero-order chi connectivity index (χ0) is 12.3. The highest BCUT2D eigenvalue weighted by molar-refractivity contribution is 5.51. The van der Waals surface area contributed by atoms with Crippen molar-refractivity contribution in [1.29, 1.82) is 0 Å². The van der Waals surface area contributed by atoms with Gasteiger partial charge in [-0.05, 0) is 0 Å². The van der Waals surface area contributed by atoms with Crippen molar-refractivity contribution >= 4 is 6.08 Å². The first kappa shape index (κ1) is 12.5. The molecule has 16 heavy (non-hydrogen) atoms. The normalized spacial score (nSPS) is 10.3. The smallest absolute Gasteiger partial charge is 0.204 e. The van der Waals surface area contributed by atoms with Gasteiger partial charge in [-0.1, -0.05) is 12.7 Å². The van der Waals surface area contributed by atoms with Crippen molar-refractivity contribution < 1.29 is 27.0 Å². The van der Waals surface area contributed by atoms with Crippen LogP contribution in [0.25, 0.3) is 6.08 Å². The molecule has 0 atom stereocenters. The molecule has 0 saturated carbocycles. The van der Waals surface area contributed by atoms with Crippen molar-refractivity contribution in [3.8, 4) is 5.75 Å². The molecule has 0 unspecified atom stereocenters. The summed E-state index contributed by atoms with van der Waals surface area (Å²) in [6, 6.07) is 0. The van der Waals surface area contributed by atoms with Crippen molar-refractivity contribution in [2.75, 3.05) is 13.9 Å². The molecule has 0 aliphatic carbocycles. The van der Waals surface area contributed by atoms with Gasteiger partial charge in [0.2, 0.25) is 11.6 Å². The van der Waals surface area contributed by atoms with Crippen LogP contribution in [0.2, 0.25) is 0 Å². The minimum Gasteiger partial charge on any atom is -0.461 e. The van der Waals surface area contributed by atoms with E-state index < -0.39 is 41.4 Å². The van der Waals surface area contributed by atoms with Crippen LogP contribution in [-0.2, 0) is 4.74 Å². The van der Waals surface area contributed by atoms with Crippen LogP contribution in [0.3, 0.4) is 0 Å². The van der Waals surface area contributed by atoms with Crippen LogP contribution in [0, 0.1) is 23.3 Å². The fourth-order valence-corrected chi connectivity index (χ4v) is 1.05. The highest BCUT2D eigenvalue weighted by atomic mass is 19.2. The SMILES string of the molecule is C=Cc1c(F)c(F)c(OCOC)c(F)c1F. The average molecular weight is 236 g/mol. The van der Waals surface area contributed by atoms with Gasteiger partial charge in [-0.15, -0.1) is 0 Å². The van der Waals surface area contributed by atoms with Gasteiger partial charge in [0.05, 0.1) is 5.56 Å². The second-order valence-corrected chi connectivity index (χ2v) is 2.75. The topological polar surface area (TPSA) is 18.5 Å². The molecule has 0 amide bonds. The Bertz CT molecular complexity index is 389. The van der Waals surface area contributed by atoms with Gasteiger partial charge in [-0.25, -0.2) is 8.78 Å². The van der Waals surface area contributed by atoms with Crippen LogP contribution in [-0.4, -0.2) is 13.9 Å². The van der Waals surface area contributed by atoms with Gasteiger partial charge in [0.15, 0.2) is 24.2 Å². The molecule has 1 aromatic carbocycles. The Morgan fingerprint density at radius 3 is 1.94 bits per heavy atom. The first-order valence-corrected chi connectivity index (χ1v) is 4.14. The predicted octanol–water partition coefficient (Wildman–Crippen LogP) is 2.87. The third-order valence-electron chi connectivity index (χ3n) is 1.78. The maximum Gasteiger partial charge on any atom is 0.204 e. The van der Waals surface area contributed by atoms with Crippen LogP contribution in [0.5, 0.6) is 5.75 Å². The molecule has 1 rings (SSSR count). The van der Waals surface area contributed by atoms with E-state index in [1.54, 1.807) is 0 Å². The molecule has 0 aliphatic heterocycles. The minimum absolute atomic E-state index is 0.528. The zero-order valence-corrected chi connectivity index (χ0v) is 8.32. The molecule has 1 aromatic rings. The number of hydrogen-bond acceptors (Lipinski definition) is 2. The quantitative estimate of drug-likeness (QED) is 0.454. The summed E-state index contributed by atoms with van der Waals surface area (Å²) < 4.78 is 61.5. The molecule has 0 radical (unpaired) electrons. The Morgan fingerprint density at radius 2 is 1.56 bits per heavy atom. The molecule has 0 saturated heterocycles. The van der Waals surface area contributed by atoms with Gasteiger partial charge < -0.3 is 9.47 Å². The van der Waals surface area contributed by atoms with Gasteiger partial charge in [-0.2, -0.15) is 8.78 Å². The minimum atomic E-state index is -1.62. The molecule has 6 heteroatoms. The number of halogens is 4. The van der Waals surface area contributed by atoms with Crippen molar-refractivity contribution in [3.63, 3.8) is 0 Å². The third-order valence-corrected chi connectivity index (χ3v) is 1.78. The van der Waals surface area contributed by atoms with Gasteiger partial charge in [0.25, 0.3) is 0 Å². The van der Waals surface area contributed by atoms with E-state index in [0.717, 1.165) is 0 Å². The van der Waals surface area contributed by atoms with E-state index in [2.05, 4.69) is 16.1 Å². The molecule has 0 heterocycles. The second kappa shape index (κ2) is 4.98. The first-order chi connectivity index (χ1) is 7.54. The number of hydrogen-bond donors (Lipinski definition) is 0. The highest BCUT2D eigenvalue weighted by Gasteiger charge is 2.25. The van der Waals surface area contributed by atoms with Crippen molar-refractivity contribution in [1.82, 2.24) is 0 Å². The average Bonchev–Trinajstić information content (AvgIpc) is 2.27. The van der Waals surface area contributed by atoms with Crippen LogP contribution >= 0.6 is 0 Å². The van der Waals surface area contributed by atoms with Crippen LogP contribution in [0.4, 0.5) is 17.6 Å². The Hall–Kier alpha value is -1.56. The molecule has 0 spiro atoms. The summed E-state index contributed by atoms with van der Waals surface area (Å²) in [5.41, 5.74) is -0.875. The molecule has 88 valence electrons. The Kier molecular flexibility index (Phi) is 3.89. The lowest BCUT2D eigenvalue weighted by atomic mass is 10.1. The maximum absolute atomic E-state index is 13.2. The monoisotopic (exact) mass is 236 g/mol. The Labute approximate surface area is 89.1 Å². The second-order valence-electron chi connectivity index (χ2n) is 2.75. The van der Waals surface area contributed by atoms with Crippen LogP contribution < -0.4 is 4.74 Å². The fraction of sp³-hybridized carbons (Fsp3) is 0.200. The summed E-state index contributed by atoms with van der Waals surface area (Å²) in [6.45, 7) is 2.52. The molecular weight excluding hydrogens is 228 g/mol. The van der Waals surface area contributed by atoms with Crippen molar-refractivity contribution in [3.05, 3.63) is 35.4 Å². The van der Waals surface area contributed by atoms with Gasteiger partial charge in [-0.3, -0.25) is 0 Å². The summed E-state index contributed by atoms with van der Waals surface area (Å²) in [5.74, 6) is -7.50. The largest absolute Gasteiger partial charge is 0.461 e. The van der Waals surface area contributed by atoms with Crippen LogP contribution in [0.15, 0.2) is 6.58 Å². The van der Waals surface area contributed by atoms with Gasteiger partial charge in [0.1, 0.15) is 0 Å². The van der Waals surface area contributed by atoms with Gasteiger partial charge in [0, 0.05) is 7.11 Å². The zero-order valence-electron chi connectivity index (χ0n) is 8.32. The lowest BCUT2D eigenvalue weighted by Gasteiger charge is -2.10. The van der Waals surface area contributed by atoms with E-state index in [1.165, 1.54) is 7.11 Å². The number of rotatable bonds is 4. The number of methoxy groups -OCH3 is 1. The van der Waals surface area contributed by atoms with E-state index >= 15 is 0 Å². The van der Waals surface area contributed by atoms with E-state index in [-0.39, 0.29) is 0 Å². The summed E-state index contributed by atoms with van der Waals surface area (Å²) in [5, 5.41) is 0. The lowest BCUT2D eigenvalue weighted by Crippen LogP contribution is -2.08. The molecule has 0 aromatic heterocycles. The molecule has 0 bridgehead atoms. The standard InChI is InChI=1S/C10H8F4O2/c1-3-5-6(11)8(13)10(16-4-15-2)9(14)7(5)12/h3H,1,4H2,2H3. The summed E-state index contributed by atoms with van der Waals surface area (Å²) in [6.07, 6.45) is 0.678. The lowest BCUT2D eigenvalue weighted by molar-refractivity contribution is 0.0440. The Morgan fingerprint density at radius 1 is 1.06 bits per heavy atom. The van der Waals surface area contributed by atoms with Crippen molar-refractivity contribution in [2.45, 2.75) is 0 Å². The number of benzene rings is 1. The third kappa shape index (κ3) is 2.01. The number of ether oxygens (including phenoxy) is 2. The van der Waals surface area contributed by atoms with E-state index in [4.69, 9.17) is 0 Å². The molecule has 2 nitrogen and oxygen atoms in total. The van der Waals surface area contributed by atoms with Gasteiger partial charge >= 0.3 is 0 Å². The summed E-state index contributed by atoms with van der Waals surface area (Å²) in [4.78, 5) is 0. The Balaban J connectivity index is 3.35. The van der Waals surface area contributed by atoms with E-state index in [9.17, 15) is 17.6 Å².